The molecule has 0 aromatic heterocycles. The zero-order chi connectivity index (χ0) is 14.0. The van der Waals surface area contributed by atoms with Gasteiger partial charge in [-0.2, -0.15) is 0 Å². The van der Waals surface area contributed by atoms with Gasteiger partial charge in [-0.25, -0.2) is 8.42 Å². The third-order valence-electron chi connectivity index (χ3n) is 3.29. The van der Waals surface area contributed by atoms with Gasteiger partial charge in [0.2, 0.25) is 0 Å². The molecule has 19 heavy (non-hydrogen) atoms. The van der Waals surface area contributed by atoms with Gasteiger partial charge in [0.05, 0.1) is 28.4 Å². The van der Waals surface area contributed by atoms with E-state index < -0.39 is 15.7 Å². The number of sulfone groups is 1. The molecule has 0 saturated carbocycles. The number of primary amides is 1. The largest absolute Gasteiger partial charge is 0.396 e. The highest BCUT2D eigenvalue weighted by atomic mass is 32.2. The van der Waals surface area contributed by atoms with Crippen molar-refractivity contribution in [2.24, 2.45) is 5.73 Å². The van der Waals surface area contributed by atoms with Gasteiger partial charge in [0.1, 0.15) is 9.84 Å². The summed E-state index contributed by atoms with van der Waals surface area (Å²) in [5, 5.41) is 3.18. The van der Waals surface area contributed by atoms with Crippen LogP contribution in [0.2, 0.25) is 0 Å². The fraction of sp³-hybridized carbons (Fsp3) is 0.417. The molecular formula is C12H17N3O3S. The number of para-hydroxylation sites is 1. The molecule has 1 aliphatic rings. The van der Waals surface area contributed by atoms with Crippen LogP contribution >= 0.6 is 0 Å². The quantitative estimate of drug-likeness (QED) is 0.693. The van der Waals surface area contributed by atoms with E-state index >= 15 is 0 Å². The highest BCUT2D eigenvalue weighted by Crippen LogP contribution is 2.25. The minimum absolute atomic E-state index is 0.0500. The van der Waals surface area contributed by atoms with Gasteiger partial charge in [0, 0.05) is 6.04 Å². The van der Waals surface area contributed by atoms with Crippen molar-refractivity contribution in [3.63, 3.8) is 0 Å². The molecule has 1 saturated heterocycles. The summed E-state index contributed by atoms with van der Waals surface area (Å²) in [6.07, 6.45) is 1.09. The van der Waals surface area contributed by atoms with Gasteiger partial charge < -0.3 is 16.8 Å². The van der Waals surface area contributed by atoms with Gasteiger partial charge in [0.15, 0.2) is 0 Å². The zero-order valence-electron chi connectivity index (χ0n) is 10.4. The van der Waals surface area contributed by atoms with E-state index in [4.69, 9.17) is 11.5 Å². The molecule has 1 aliphatic heterocycles. The van der Waals surface area contributed by atoms with E-state index in [0.29, 0.717) is 24.2 Å². The summed E-state index contributed by atoms with van der Waals surface area (Å²) in [5.41, 5.74) is 12.3. The minimum atomic E-state index is -2.89. The van der Waals surface area contributed by atoms with Crippen LogP contribution in [-0.4, -0.2) is 31.9 Å². The molecule has 1 aromatic carbocycles. The van der Waals surface area contributed by atoms with E-state index in [0.717, 1.165) is 0 Å². The molecule has 1 amide bonds. The van der Waals surface area contributed by atoms with Gasteiger partial charge in [-0.1, -0.05) is 6.07 Å². The van der Waals surface area contributed by atoms with Crippen LogP contribution in [0.5, 0.6) is 0 Å². The Morgan fingerprint density at radius 2 is 1.89 bits per heavy atom. The third kappa shape index (κ3) is 3.17. The van der Waals surface area contributed by atoms with Crippen LogP contribution in [-0.2, 0) is 9.84 Å². The first-order chi connectivity index (χ1) is 8.89. The number of benzene rings is 1. The van der Waals surface area contributed by atoms with Crippen LogP contribution in [0.15, 0.2) is 18.2 Å². The molecule has 0 bridgehead atoms. The van der Waals surface area contributed by atoms with Crippen LogP contribution in [0.4, 0.5) is 11.4 Å². The average molecular weight is 283 g/mol. The summed E-state index contributed by atoms with van der Waals surface area (Å²) >= 11 is 0. The number of carbonyl (C=O) groups is 1. The molecule has 1 fully saturated rings. The monoisotopic (exact) mass is 283 g/mol. The lowest BCUT2D eigenvalue weighted by Crippen LogP contribution is -2.32. The Hall–Kier alpha value is -1.76. The lowest BCUT2D eigenvalue weighted by Gasteiger charge is -2.25. The second-order valence-electron chi connectivity index (χ2n) is 4.70. The van der Waals surface area contributed by atoms with Crippen LogP contribution in [0.3, 0.4) is 0 Å². The number of anilines is 2. The van der Waals surface area contributed by atoms with Crippen LogP contribution in [0, 0.1) is 0 Å². The fourth-order valence-corrected chi connectivity index (χ4v) is 3.65. The first-order valence-electron chi connectivity index (χ1n) is 6.04. The molecule has 6 nitrogen and oxygen atoms in total. The second-order valence-corrected chi connectivity index (χ2v) is 7.01. The van der Waals surface area contributed by atoms with Crippen molar-refractivity contribution < 1.29 is 13.2 Å². The molecule has 0 radical (unpaired) electrons. The second kappa shape index (κ2) is 5.08. The number of carbonyl (C=O) groups excluding carboxylic acids is 1. The molecule has 0 unspecified atom stereocenters. The van der Waals surface area contributed by atoms with E-state index in [1.807, 2.05) is 0 Å². The summed E-state index contributed by atoms with van der Waals surface area (Å²) in [6.45, 7) is 0. The summed E-state index contributed by atoms with van der Waals surface area (Å²) in [7, 11) is -2.89. The van der Waals surface area contributed by atoms with E-state index in [1.54, 1.807) is 18.2 Å². The first-order valence-corrected chi connectivity index (χ1v) is 7.86. The van der Waals surface area contributed by atoms with Crippen molar-refractivity contribution in [3.8, 4) is 0 Å². The summed E-state index contributed by atoms with van der Waals surface area (Å²) < 4.78 is 22.7. The normalized spacial score (nSPS) is 18.9. The molecule has 0 aliphatic carbocycles. The Kier molecular flexibility index (Phi) is 3.66. The van der Waals surface area contributed by atoms with Crippen LogP contribution in [0.1, 0.15) is 23.2 Å². The fourth-order valence-electron chi connectivity index (χ4n) is 2.16. The van der Waals surface area contributed by atoms with E-state index in [1.165, 1.54) is 0 Å². The lowest BCUT2D eigenvalue weighted by atomic mass is 10.1. The maximum atomic E-state index is 11.3. The Morgan fingerprint density at radius 3 is 2.47 bits per heavy atom. The zero-order valence-corrected chi connectivity index (χ0v) is 11.2. The van der Waals surface area contributed by atoms with Crippen molar-refractivity contribution in [1.82, 2.24) is 0 Å². The molecule has 104 valence electrons. The van der Waals surface area contributed by atoms with E-state index in [-0.39, 0.29) is 23.1 Å². The van der Waals surface area contributed by atoms with Crippen molar-refractivity contribution in [2.75, 3.05) is 22.6 Å². The topological polar surface area (TPSA) is 115 Å². The number of nitrogens with two attached hydrogens (primary N) is 2. The number of hydrogen-bond donors (Lipinski definition) is 3. The van der Waals surface area contributed by atoms with Gasteiger partial charge >= 0.3 is 0 Å². The SMILES string of the molecule is NC(=O)c1cccc(NC2CCS(=O)(=O)CC2)c1N. The summed E-state index contributed by atoms with van der Waals surface area (Å²) in [6, 6.07) is 5.06. The first kappa shape index (κ1) is 13.7. The predicted octanol–water partition coefficient (Wildman–Crippen LogP) is 0.357. The molecule has 2 rings (SSSR count). The number of rotatable bonds is 3. The molecule has 0 atom stereocenters. The Labute approximate surface area is 112 Å². The maximum Gasteiger partial charge on any atom is 0.250 e. The number of nitrogen functional groups attached to an aromatic ring is 1. The predicted molar refractivity (Wildman–Crippen MR) is 74.7 cm³/mol. The highest BCUT2D eigenvalue weighted by Gasteiger charge is 2.24. The summed E-state index contributed by atoms with van der Waals surface area (Å²) in [5.74, 6) is -0.215. The van der Waals surface area contributed by atoms with Crippen molar-refractivity contribution in [1.29, 1.82) is 0 Å². The Morgan fingerprint density at radius 1 is 1.26 bits per heavy atom. The molecule has 1 heterocycles. The van der Waals surface area contributed by atoms with Crippen LogP contribution in [0.25, 0.3) is 0 Å². The number of hydrogen-bond acceptors (Lipinski definition) is 5. The molecule has 5 N–H and O–H groups in total. The van der Waals surface area contributed by atoms with Crippen LogP contribution < -0.4 is 16.8 Å². The molecule has 1 aromatic rings. The smallest absolute Gasteiger partial charge is 0.250 e. The van der Waals surface area contributed by atoms with Gasteiger partial charge in [-0.05, 0) is 25.0 Å². The molecule has 7 heteroatoms. The number of nitrogens with one attached hydrogen (secondary N) is 1. The molecule has 0 spiro atoms. The van der Waals surface area contributed by atoms with Gasteiger partial charge in [-0.15, -0.1) is 0 Å². The summed E-state index contributed by atoms with van der Waals surface area (Å²) in [4.78, 5) is 11.2. The minimum Gasteiger partial charge on any atom is -0.396 e. The van der Waals surface area contributed by atoms with Crippen molar-refractivity contribution in [2.45, 2.75) is 18.9 Å². The Balaban J connectivity index is 2.12. The third-order valence-corrected chi connectivity index (χ3v) is 5.00. The molecular weight excluding hydrogens is 266 g/mol. The van der Waals surface area contributed by atoms with Gasteiger partial charge in [0.25, 0.3) is 5.91 Å². The standard InChI is InChI=1S/C12H17N3O3S/c13-11-9(12(14)16)2-1-3-10(11)15-8-4-6-19(17,18)7-5-8/h1-3,8,15H,4-7,13H2,(H2,14,16). The van der Waals surface area contributed by atoms with E-state index in [2.05, 4.69) is 5.32 Å². The number of amides is 1. The Bertz CT molecular complexity index is 584. The maximum absolute atomic E-state index is 11.3. The average Bonchev–Trinajstić information content (AvgIpc) is 2.34. The highest BCUT2D eigenvalue weighted by molar-refractivity contribution is 7.91. The van der Waals surface area contributed by atoms with Crippen molar-refractivity contribution in [3.05, 3.63) is 23.8 Å². The lowest BCUT2D eigenvalue weighted by molar-refractivity contribution is 0.100. The van der Waals surface area contributed by atoms with Gasteiger partial charge in [-0.3, -0.25) is 4.79 Å². The van der Waals surface area contributed by atoms with Crippen molar-refractivity contribution >= 4 is 27.1 Å². The van der Waals surface area contributed by atoms with E-state index in [9.17, 15) is 13.2 Å².